The molecule has 0 unspecified atom stereocenters. The van der Waals surface area contributed by atoms with Crippen LogP contribution in [0.3, 0.4) is 0 Å². The van der Waals surface area contributed by atoms with Crippen molar-refractivity contribution in [1.29, 1.82) is 5.26 Å². The molecule has 0 radical (unpaired) electrons. The smallest absolute Gasteiger partial charge is 0.332 e. The Morgan fingerprint density at radius 2 is 2.28 bits per heavy atom. The van der Waals surface area contributed by atoms with Crippen LogP contribution in [0.1, 0.15) is 5.56 Å². The third-order valence-corrected chi connectivity index (χ3v) is 2.21. The van der Waals surface area contributed by atoms with Gasteiger partial charge in [-0.3, -0.25) is 4.84 Å². The van der Waals surface area contributed by atoms with Gasteiger partial charge in [0, 0.05) is 5.39 Å². The zero-order valence-electron chi connectivity index (χ0n) is 9.25. The first-order chi connectivity index (χ1) is 8.70. The maximum atomic E-state index is 10.3. The van der Waals surface area contributed by atoms with Gasteiger partial charge in [-0.05, 0) is 12.1 Å². The molecule has 0 saturated carbocycles. The minimum absolute atomic E-state index is 0.206. The molecule has 2 rings (SSSR count). The summed E-state index contributed by atoms with van der Waals surface area (Å²) in [4.78, 5) is 19.2. The molecule has 0 spiro atoms. The molecule has 18 heavy (non-hydrogen) atoms. The lowest BCUT2D eigenvalue weighted by atomic mass is 10.1. The van der Waals surface area contributed by atoms with E-state index in [1.807, 2.05) is 24.3 Å². The molecule has 0 fully saturated rings. The summed E-state index contributed by atoms with van der Waals surface area (Å²) < 4.78 is 0. The molecule has 2 aromatic rings. The number of carbonyl (C=O) groups is 1. The second-order valence-electron chi connectivity index (χ2n) is 3.47. The molecule has 90 valence electrons. The van der Waals surface area contributed by atoms with E-state index in [4.69, 9.17) is 15.2 Å². The number of nitrogens with one attached hydrogen (secondary N) is 1. The summed E-state index contributed by atoms with van der Waals surface area (Å²) in [6.07, 6.45) is 0. The highest BCUT2D eigenvalue weighted by Gasteiger charge is 2.07. The Balaban J connectivity index is 2.31. The fourth-order valence-corrected chi connectivity index (χ4v) is 1.45. The third kappa shape index (κ3) is 2.53. The van der Waals surface area contributed by atoms with E-state index < -0.39 is 12.6 Å². The van der Waals surface area contributed by atoms with Gasteiger partial charge in [-0.2, -0.15) is 5.26 Å². The van der Waals surface area contributed by atoms with Crippen LogP contribution >= 0.6 is 0 Å². The summed E-state index contributed by atoms with van der Waals surface area (Å²) in [6, 6.07) is 10.9. The number of benzene rings is 1. The van der Waals surface area contributed by atoms with Crippen molar-refractivity contribution >= 4 is 22.7 Å². The van der Waals surface area contributed by atoms with Crippen molar-refractivity contribution in [3.8, 4) is 6.07 Å². The Morgan fingerprint density at radius 1 is 1.50 bits per heavy atom. The maximum Gasteiger partial charge on any atom is 0.332 e. The molecule has 0 bridgehead atoms. The number of rotatable bonds is 4. The lowest BCUT2D eigenvalue weighted by molar-refractivity contribution is -0.141. The zero-order valence-corrected chi connectivity index (χ0v) is 9.25. The van der Waals surface area contributed by atoms with Gasteiger partial charge in [-0.1, -0.05) is 18.2 Å². The molecule has 0 saturated heterocycles. The van der Waals surface area contributed by atoms with Gasteiger partial charge in [0.15, 0.2) is 12.4 Å². The van der Waals surface area contributed by atoms with Gasteiger partial charge in [0.25, 0.3) is 0 Å². The van der Waals surface area contributed by atoms with E-state index in [-0.39, 0.29) is 5.82 Å². The van der Waals surface area contributed by atoms with Gasteiger partial charge in [0.05, 0.1) is 11.1 Å². The molecular formula is C12H9N3O3. The average molecular weight is 243 g/mol. The highest BCUT2D eigenvalue weighted by molar-refractivity contribution is 5.82. The predicted molar refractivity (Wildman–Crippen MR) is 63.7 cm³/mol. The Kier molecular flexibility index (Phi) is 3.36. The van der Waals surface area contributed by atoms with Gasteiger partial charge < -0.3 is 5.11 Å². The lowest BCUT2D eigenvalue weighted by Gasteiger charge is -2.07. The third-order valence-electron chi connectivity index (χ3n) is 2.21. The molecular weight excluding hydrogens is 234 g/mol. The number of hydrogen-bond acceptors (Lipinski definition) is 5. The maximum absolute atomic E-state index is 10.3. The van der Waals surface area contributed by atoms with Gasteiger partial charge in [0.2, 0.25) is 0 Å². The summed E-state index contributed by atoms with van der Waals surface area (Å²) >= 11 is 0. The fourth-order valence-electron chi connectivity index (χ4n) is 1.45. The largest absolute Gasteiger partial charge is 0.479 e. The van der Waals surface area contributed by atoms with Crippen LogP contribution in [0.15, 0.2) is 30.3 Å². The second-order valence-corrected chi connectivity index (χ2v) is 3.47. The van der Waals surface area contributed by atoms with Crippen LogP contribution in [0.4, 0.5) is 5.82 Å². The standard InChI is InChI=1S/C12H9N3O3/c13-6-9-5-8-3-1-2-4-10(8)14-12(9)15-18-7-11(16)17/h1-5H,7H2,(H,14,15)(H,16,17). The minimum Gasteiger partial charge on any atom is -0.479 e. The highest BCUT2D eigenvalue weighted by atomic mass is 16.7. The average Bonchev–Trinajstić information content (AvgIpc) is 2.37. The number of carboxylic acids is 1. The number of nitrogens with zero attached hydrogens (tertiary/aromatic N) is 2. The molecule has 0 atom stereocenters. The first kappa shape index (κ1) is 11.8. The lowest BCUT2D eigenvalue weighted by Crippen LogP contribution is -2.12. The van der Waals surface area contributed by atoms with E-state index in [2.05, 4.69) is 10.5 Å². The van der Waals surface area contributed by atoms with Crippen molar-refractivity contribution in [2.24, 2.45) is 0 Å². The van der Waals surface area contributed by atoms with E-state index in [0.717, 1.165) is 5.39 Å². The number of carboxylic acid groups (broad SMARTS) is 1. The number of fused-ring (bicyclic) bond motifs is 1. The zero-order chi connectivity index (χ0) is 13.0. The summed E-state index contributed by atoms with van der Waals surface area (Å²) in [5, 5.41) is 18.3. The van der Waals surface area contributed by atoms with Crippen LogP contribution in [0.2, 0.25) is 0 Å². The number of hydrogen-bond donors (Lipinski definition) is 2. The first-order valence-electron chi connectivity index (χ1n) is 5.10. The summed E-state index contributed by atoms with van der Waals surface area (Å²) in [7, 11) is 0. The van der Waals surface area contributed by atoms with Crippen LogP contribution in [-0.2, 0) is 9.63 Å². The van der Waals surface area contributed by atoms with Crippen LogP contribution in [0.25, 0.3) is 10.9 Å². The molecule has 1 aromatic carbocycles. The monoisotopic (exact) mass is 243 g/mol. The van der Waals surface area contributed by atoms with Crippen molar-refractivity contribution in [2.45, 2.75) is 0 Å². The molecule has 6 heteroatoms. The summed E-state index contributed by atoms with van der Waals surface area (Å²) in [5.41, 5.74) is 3.36. The van der Waals surface area contributed by atoms with Crippen LogP contribution in [-0.4, -0.2) is 22.7 Å². The van der Waals surface area contributed by atoms with Crippen molar-refractivity contribution in [1.82, 2.24) is 4.98 Å². The quantitative estimate of drug-likeness (QED) is 0.791. The number of pyridine rings is 1. The van der Waals surface area contributed by atoms with E-state index in [1.54, 1.807) is 12.1 Å². The summed E-state index contributed by atoms with van der Waals surface area (Å²) in [5.74, 6) is -0.903. The van der Waals surface area contributed by atoms with E-state index in [1.165, 1.54) is 0 Å². The van der Waals surface area contributed by atoms with Crippen molar-refractivity contribution in [2.75, 3.05) is 12.1 Å². The topological polar surface area (TPSA) is 95.2 Å². The molecule has 1 aromatic heterocycles. The number of nitriles is 1. The first-order valence-corrected chi connectivity index (χ1v) is 5.10. The molecule has 2 N–H and O–H groups in total. The Hall–Kier alpha value is -2.65. The van der Waals surface area contributed by atoms with Crippen molar-refractivity contribution in [3.05, 3.63) is 35.9 Å². The van der Waals surface area contributed by atoms with Crippen molar-refractivity contribution < 1.29 is 14.7 Å². The Bertz CT molecular complexity index is 634. The van der Waals surface area contributed by atoms with E-state index in [0.29, 0.717) is 11.1 Å². The second kappa shape index (κ2) is 5.12. The summed E-state index contributed by atoms with van der Waals surface area (Å²) in [6.45, 7) is -0.515. The number of aromatic nitrogens is 1. The molecule has 6 nitrogen and oxygen atoms in total. The van der Waals surface area contributed by atoms with Gasteiger partial charge >= 0.3 is 5.97 Å². The SMILES string of the molecule is N#Cc1cc2ccccc2nc1NOCC(=O)O. The van der Waals surface area contributed by atoms with Gasteiger partial charge in [0.1, 0.15) is 6.07 Å². The molecule has 1 heterocycles. The highest BCUT2D eigenvalue weighted by Crippen LogP contribution is 2.19. The molecule has 0 amide bonds. The predicted octanol–water partition coefficient (Wildman–Crippen LogP) is 1.53. The minimum atomic E-state index is -1.11. The van der Waals surface area contributed by atoms with Gasteiger partial charge in [-0.15, -0.1) is 0 Å². The van der Waals surface area contributed by atoms with Crippen LogP contribution in [0.5, 0.6) is 0 Å². The van der Waals surface area contributed by atoms with E-state index in [9.17, 15) is 4.79 Å². The molecule has 0 aliphatic rings. The Morgan fingerprint density at radius 3 is 3.00 bits per heavy atom. The number of para-hydroxylation sites is 1. The molecule has 0 aliphatic heterocycles. The van der Waals surface area contributed by atoms with Crippen LogP contribution < -0.4 is 5.48 Å². The van der Waals surface area contributed by atoms with Gasteiger partial charge in [-0.25, -0.2) is 15.3 Å². The fraction of sp³-hybridized carbons (Fsp3) is 0.0833. The normalized spacial score (nSPS) is 9.94. The van der Waals surface area contributed by atoms with E-state index >= 15 is 0 Å². The van der Waals surface area contributed by atoms with Crippen molar-refractivity contribution in [3.63, 3.8) is 0 Å². The number of anilines is 1. The molecule has 0 aliphatic carbocycles. The number of aliphatic carboxylic acids is 1. The Labute approximate surface area is 102 Å². The van der Waals surface area contributed by atoms with Crippen LogP contribution in [0, 0.1) is 11.3 Å².